The number of allylic oxidation sites excluding steroid dienone is 4. The molecule has 1 aliphatic rings. The molecule has 4 nitrogen and oxygen atoms in total. The van der Waals surface area contributed by atoms with E-state index in [9.17, 15) is 9.59 Å². The summed E-state index contributed by atoms with van der Waals surface area (Å²) in [5.41, 5.74) is 0. The Bertz CT molecular complexity index is 731. The number of hydrogen-bond acceptors (Lipinski definition) is 2. The fraction of sp³-hybridized carbons (Fsp3) is 0.854. The molecule has 262 valence electrons. The molecule has 1 N–H and O–H groups in total. The molecule has 1 aliphatic heterocycles. The Balaban J connectivity index is 1.96. The second-order valence-corrected chi connectivity index (χ2v) is 13.8. The molecule has 1 saturated heterocycles. The molecule has 0 aromatic rings. The highest BCUT2D eigenvalue weighted by molar-refractivity contribution is 5.88. The van der Waals surface area contributed by atoms with Crippen LogP contribution in [-0.4, -0.2) is 35.8 Å². The zero-order valence-electron chi connectivity index (χ0n) is 30.3. The van der Waals surface area contributed by atoms with Gasteiger partial charge in [0.25, 0.3) is 0 Å². The van der Waals surface area contributed by atoms with Gasteiger partial charge in [-0.1, -0.05) is 147 Å². The van der Waals surface area contributed by atoms with Gasteiger partial charge in [-0.15, -0.1) is 0 Å². The molecule has 0 aromatic heterocycles. The first kappa shape index (κ1) is 41.4. The van der Waals surface area contributed by atoms with Gasteiger partial charge in [0.05, 0.1) is 0 Å². The van der Waals surface area contributed by atoms with Gasteiger partial charge in [-0.3, -0.25) is 9.59 Å². The lowest BCUT2D eigenvalue weighted by Gasteiger charge is -2.24. The third-order valence-corrected chi connectivity index (χ3v) is 9.52. The van der Waals surface area contributed by atoms with Crippen molar-refractivity contribution in [3.8, 4) is 0 Å². The van der Waals surface area contributed by atoms with Crippen LogP contribution in [0, 0.1) is 0 Å². The molecular weight excluding hydrogens is 552 g/mol. The molecule has 2 amide bonds. The molecule has 0 spiro atoms. The minimum atomic E-state index is -0.250. The molecule has 0 bridgehead atoms. The predicted molar refractivity (Wildman–Crippen MR) is 197 cm³/mol. The molecule has 0 aromatic carbocycles. The summed E-state index contributed by atoms with van der Waals surface area (Å²) in [5, 5.41) is 3.12. The molecule has 0 saturated carbocycles. The molecular formula is C41H76N2O2. The van der Waals surface area contributed by atoms with Crippen molar-refractivity contribution in [1.82, 2.24) is 10.2 Å². The van der Waals surface area contributed by atoms with Crippen LogP contribution in [0.3, 0.4) is 0 Å². The molecule has 0 aliphatic carbocycles. The number of carbonyl (C=O) groups excluding carboxylic acids is 2. The lowest BCUT2D eigenvalue weighted by Crippen LogP contribution is -2.46. The maximum Gasteiger partial charge on any atom is 0.242 e. The summed E-state index contributed by atoms with van der Waals surface area (Å²) in [6, 6.07) is -0.250. The Hall–Kier alpha value is -1.58. The zero-order valence-corrected chi connectivity index (χ0v) is 30.3. The van der Waals surface area contributed by atoms with Crippen LogP contribution in [0.5, 0.6) is 0 Å². The lowest BCUT2D eigenvalue weighted by atomic mass is 10.1. The van der Waals surface area contributed by atoms with Crippen molar-refractivity contribution in [3.63, 3.8) is 0 Å². The summed E-state index contributed by atoms with van der Waals surface area (Å²) in [6.45, 7) is 6.02. The van der Waals surface area contributed by atoms with Gasteiger partial charge in [-0.25, -0.2) is 0 Å². The molecule has 45 heavy (non-hydrogen) atoms. The fourth-order valence-electron chi connectivity index (χ4n) is 6.53. The average Bonchev–Trinajstić information content (AvgIpc) is 3.55. The quantitative estimate of drug-likeness (QED) is 0.0595. The Morgan fingerprint density at radius 2 is 0.956 bits per heavy atom. The van der Waals surface area contributed by atoms with Crippen molar-refractivity contribution in [2.24, 2.45) is 0 Å². The summed E-state index contributed by atoms with van der Waals surface area (Å²) in [7, 11) is 0. The van der Waals surface area contributed by atoms with E-state index in [0.717, 1.165) is 64.5 Å². The van der Waals surface area contributed by atoms with Crippen molar-refractivity contribution in [1.29, 1.82) is 0 Å². The molecule has 0 radical (unpaired) electrons. The van der Waals surface area contributed by atoms with Crippen LogP contribution >= 0.6 is 0 Å². The summed E-state index contributed by atoms with van der Waals surface area (Å²) in [5.74, 6) is 0.232. The molecule has 1 heterocycles. The first-order valence-corrected chi connectivity index (χ1v) is 20.1. The van der Waals surface area contributed by atoms with E-state index in [1.54, 1.807) is 0 Å². The van der Waals surface area contributed by atoms with Crippen LogP contribution in [0.2, 0.25) is 0 Å². The van der Waals surface area contributed by atoms with Crippen molar-refractivity contribution in [2.75, 3.05) is 13.1 Å². The number of hydrogen-bond donors (Lipinski definition) is 1. The zero-order chi connectivity index (χ0) is 32.5. The van der Waals surface area contributed by atoms with Crippen LogP contribution in [0.4, 0.5) is 0 Å². The standard InChI is InChI=1S/C41H76N2O2/c1-3-5-7-9-11-13-15-17-19-21-23-25-27-29-31-33-37-42-41(45)39-35-34-38-43(39)40(44)36-32-30-28-26-24-22-20-18-16-14-12-10-8-6-4-2/h20,22,25,27,39H,3-19,21,23-24,26,28-38H2,1-2H3,(H,42,45)/b22-20+,27-25-/t39-/m0/s1. The number of likely N-dealkylation sites (tertiary alicyclic amines) is 1. The Morgan fingerprint density at radius 1 is 0.556 bits per heavy atom. The van der Waals surface area contributed by atoms with Crippen LogP contribution in [0.15, 0.2) is 24.3 Å². The third-order valence-electron chi connectivity index (χ3n) is 9.52. The Kier molecular flexibility index (Phi) is 29.8. The normalized spacial score (nSPS) is 15.2. The van der Waals surface area contributed by atoms with E-state index in [1.807, 2.05) is 4.90 Å². The van der Waals surface area contributed by atoms with Crippen LogP contribution in [0.1, 0.15) is 206 Å². The summed E-state index contributed by atoms with van der Waals surface area (Å²) in [6.07, 6.45) is 46.5. The SMILES string of the molecule is CCCCCCCCC/C=C/CCCCCCC(=O)N1CCC[C@H]1C(=O)NCCCC/C=C\CCCCCCCCCCCC. The van der Waals surface area contributed by atoms with E-state index in [0.29, 0.717) is 6.42 Å². The number of nitrogens with one attached hydrogen (secondary N) is 1. The van der Waals surface area contributed by atoms with Crippen molar-refractivity contribution >= 4 is 11.8 Å². The van der Waals surface area contributed by atoms with E-state index < -0.39 is 0 Å². The second-order valence-electron chi connectivity index (χ2n) is 13.8. The van der Waals surface area contributed by atoms with E-state index in [2.05, 4.69) is 43.5 Å². The number of rotatable bonds is 32. The van der Waals surface area contributed by atoms with Crippen molar-refractivity contribution in [2.45, 2.75) is 213 Å². The minimum absolute atomic E-state index is 0.0561. The van der Waals surface area contributed by atoms with Crippen LogP contribution in [0.25, 0.3) is 0 Å². The molecule has 0 unspecified atom stereocenters. The van der Waals surface area contributed by atoms with E-state index in [-0.39, 0.29) is 17.9 Å². The average molecular weight is 629 g/mol. The van der Waals surface area contributed by atoms with E-state index >= 15 is 0 Å². The Morgan fingerprint density at radius 3 is 1.42 bits per heavy atom. The highest BCUT2D eigenvalue weighted by atomic mass is 16.2. The monoisotopic (exact) mass is 629 g/mol. The van der Waals surface area contributed by atoms with Crippen LogP contribution < -0.4 is 5.32 Å². The van der Waals surface area contributed by atoms with Crippen molar-refractivity contribution in [3.05, 3.63) is 24.3 Å². The summed E-state index contributed by atoms with van der Waals surface area (Å²) < 4.78 is 0. The van der Waals surface area contributed by atoms with Gasteiger partial charge < -0.3 is 10.2 Å². The van der Waals surface area contributed by atoms with Crippen LogP contribution in [-0.2, 0) is 9.59 Å². The molecule has 1 fully saturated rings. The third kappa shape index (κ3) is 25.2. The van der Waals surface area contributed by atoms with Gasteiger partial charge in [-0.2, -0.15) is 0 Å². The van der Waals surface area contributed by atoms with Gasteiger partial charge >= 0.3 is 0 Å². The first-order chi connectivity index (χ1) is 22.2. The maximum absolute atomic E-state index is 12.9. The molecule has 1 atom stereocenters. The predicted octanol–water partition coefficient (Wildman–Crippen LogP) is 12.2. The highest BCUT2D eigenvalue weighted by Crippen LogP contribution is 2.20. The van der Waals surface area contributed by atoms with Crippen molar-refractivity contribution < 1.29 is 9.59 Å². The van der Waals surface area contributed by atoms with Gasteiger partial charge in [0.15, 0.2) is 0 Å². The van der Waals surface area contributed by atoms with Gasteiger partial charge in [0, 0.05) is 19.5 Å². The summed E-state index contributed by atoms with van der Waals surface area (Å²) in [4.78, 5) is 27.5. The Labute approximate surface area is 281 Å². The number of amides is 2. The fourth-order valence-corrected chi connectivity index (χ4v) is 6.53. The minimum Gasteiger partial charge on any atom is -0.354 e. The lowest BCUT2D eigenvalue weighted by molar-refractivity contribution is -0.138. The number of nitrogens with zero attached hydrogens (tertiary/aromatic N) is 1. The maximum atomic E-state index is 12.9. The summed E-state index contributed by atoms with van der Waals surface area (Å²) >= 11 is 0. The first-order valence-electron chi connectivity index (χ1n) is 20.1. The van der Waals surface area contributed by atoms with Gasteiger partial charge in [0.1, 0.15) is 6.04 Å². The second kappa shape index (κ2) is 32.4. The smallest absolute Gasteiger partial charge is 0.242 e. The number of carbonyl (C=O) groups is 2. The van der Waals surface area contributed by atoms with E-state index in [1.165, 1.54) is 135 Å². The largest absolute Gasteiger partial charge is 0.354 e. The topological polar surface area (TPSA) is 49.4 Å². The molecule has 1 rings (SSSR count). The van der Waals surface area contributed by atoms with E-state index in [4.69, 9.17) is 0 Å². The highest BCUT2D eigenvalue weighted by Gasteiger charge is 2.33. The number of unbranched alkanes of at least 4 members (excludes halogenated alkanes) is 23. The van der Waals surface area contributed by atoms with Gasteiger partial charge in [-0.05, 0) is 77.0 Å². The van der Waals surface area contributed by atoms with Gasteiger partial charge in [0.2, 0.25) is 11.8 Å². The molecule has 4 heteroatoms.